The van der Waals surface area contributed by atoms with E-state index >= 15 is 0 Å². The van der Waals surface area contributed by atoms with Gasteiger partial charge in [-0.3, -0.25) is 0 Å². The van der Waals surface area contributed by atoms with Crippen LogP contribution < -0.4 is 5.32 Å². The first-order chi connectivity index (χ1) is 11.4. The molecule has 2 N–H and O–H groups in total. The van der Waals surface area contributed by atoms with Gasteiger partial charge in [0.2, 0.25) is 0 Å². The minimum absolute atomic E-state index is 0.0806. The Balaban J connectivity index is 1.88. The van der Waals surface area contributed by atoms with Crippen LogP contribution in [0.25, 0.3) is 0 Å². The first-order valence-electron chi connectivity index (χ1n) is 8.15. The van der Waals surface area contributed by atoms with Crippen molar-refractivity contribution < 1.29 is 9.90 Å². The van der Waals surface area contributed by atoms with Gasteiger partial charge in [-0.2, -0.15) is 0 Å². The van der Waals surface area contributed by atoms with E-state index in [2.05, 4.69) is 55.4 Å². The molecule has 2 rings (SSSR count). The number of rotatable bonds is 8. The minimum Gasteiger partial charge on any atom is -0.478 e. The summed E-state index contributed by atoms with van der Waals surface area (Å²) in [4.78, 5) is 13.3. The zero-order valence-electron chi connectivity index (χ0n) is 14.6. The fourth-order valence-electron chi connectivity index (χ4n) is 2.84. The van der Waals surface area contributed by atoms with Crippen LogP contribution in [0.1, 0.15) is 35.3 Å². The maximum absolute atomic E-state index is 11.0. The summed E-state index contributed by atoms with van der Waals surface area (Å²) in [5, 5.41) is 12.6. The summed E-state index contributed by atoms with van der Waals surface area (Å²) in [6, 6.07) is 17.5. The van der Waals surface area contributed by atoms with Crippen molar-refractivity contribution in [2.45, 2.75) is 32.5 Å². The summed E-state index contributed by atoms with van der Waals surface area (Å²) in [7, 11) is 2.11. The third kappa shape index (κ3) is 5.80. The molecule has 0 atom stereocenters. The van der Waals surface area contributed by atoms with Gasteiger partial charge in [0.25, 0.3) is 0 Å². The Bertz CT molecular complexity index is 668. The van der Waals surface area contributed by atoms with Gasteiger partial charge in [-0.15, -0.1) is 0 Å². The van der Waals surface area contributed by atoms with E-state index in [0.29, 0.717) is 12.1 Å². The quantitative estimate of drug-likeness (QED) is 0.781. The molecule has 24 heavy (non-hydrogen) atoms. The molecule has 2 aromatic carbocycles. The number of carboxylic acid groups (broad SMARTS) is 1. The van der Waals surface area contributed by atoms with Gasteiger partial charge >= 0.3 is 5.97 Å². The van der Waals surface area contributed by atoms with Gasteiger partial charge in [-0.1, -0.05) is 42.5 Å². The molecule has 0 unspecified atom stereocenters. The van der Waals surface area contributed by atoms with Gasteiger partial charge in [0.15, 0.2) is 0 Å². The highest BCUT2D eigenvalue weighted by Crippen LogP contribution is 2.11. The predicted molar refractivity (Wildman–Crippen MR) is 97.1 cm³/mol. The molecule has 0 radical (unpaired) electrons. The molecule has 0 bridgehead atoms. The second-order valence-corrected chi connectivity index (χ2v) is 6.90. The van der Waals surface area contributed by atoms with Crippen LogP contribution in [0.4, 0.5) is 0 Å². The molecular weight excluding hydrogens is 300 g/mol. The first-order valence-corrected chi connectivity index (χ1v) is 8.15. The molecule has 4 heteroatoms. The van der Waals surface area contributed by atoms with Gasteiger partial charge in [0, 0.05) is 25.2 Å². The molecule has 0 aliphatic carbocycles. The molecule has 4 nitrogen and oxygen atoms in total. The Kier molecular flexibility index (Phi) is 6.12. The van der Waals surface area contributed by atoms with Crippen molar-refractivity contribution in [3.63, 3.8) is 0 Å². The SMILES string of the molecule is CN(Cc1ccccc1)CC(C)(C)NCc1cccc(C(=O)O)c1. The molecule has 0 aliphatic heterocycles. The summed E-state index contributed by atoms with van der Waals surface area (Å²) in [6.07, 6.45) is 0. The Morgan fingerprint density at radius 1 is 1.08 bits per heavy atom. The second kappa shape index (κ2) is 8.08. The lowest BCUT2D eigenvalue weighted by Crippen LogP contribution is -2.47. The number of nitrogens with one attached hydrogen (secondary N) is 1. The maximum atomic E-state index is 11.0. The Morgan fingerprint density at radius 3 is 2.42 bits per heavy atom. The number of likely N-dealkylation sites (N-methyl/N-ethyl adjacent to an activating group) is 1. The Morgan fingerprint density at radius 2 is 1.75 bits per heavy atom. The third-order valence-corrected chi connectivity index (χ3v) is 3.91. The predicted octanol–water partition coefficient (Wildman–Crippen LogP) is 3.39. The summed E-state index contributed by atoms with van der Waals surface area (Å²) in [5.41, 5.74) is 2.52. The third-order valence-electron chi connectivity index (χ3n) is 3.91. The molecule has 0 amide bonds. The van der Waals surface area contributed by atoms with E-state index in [9.17, 15) is 4.79 Å². The molecular formula is C20H26N2O2. The van der Waals surface area contributed by atoms with Gasteiger partial charge < -0.3 is 15.3 Å². The highest BCUT2D eigenvalue weighted by molar-refractivity contribution is 5.87. The molecule has 0 aromatic heterocycles. The Labute approximate surface area is 144 Å². The van der Waals surface area contributed by atoms with Crippen molar-refractivity contribution in [3.8, 4) is 0 Å². The molecule has 0 spiro atoms. The zero-order valence-corrected chi connectivity index (χ0v) is 14.6. The Hall–Kier alpha value is -2.17. The van der Waals surface area contributed by atoms with Crippen molar-refractivity contribution in [1.29, 1.82) is 0 Å². The van der Waals surface area contributed by atoms with Crippen molar-refractivity contribution >= 4 is 5.97 Å². The van der Waals surface area contributed by atoms with Gasteiger partial charge in [-0.05, 0) is 44.2 Å². The number of benzene rings is 2. The maximum Gasteiger partial charge on any atom is 0.335 e. The highest BCUT2D eigenvalue weighted by Gasteiger charge is 2.19. The summed E-state index contributed by atoms with van der Waals surface area (Å²) < 4.78 is 0. The average Bonchev–Trinajstić information content (AvgIpc) is 2.53. The molecule has 0 fully saturated rings. The molecule has 2 aromatic rings. The van der Waals surface area contributed by atoms with Crippen LogP contribution in [-0.2, 0) is 13.1 Å². The number of hydrogen-bond acceptors (Lipinski definition) is 3. The largest absolute Gasteiger partial charge is 0.478 e. The van der Waals surface area contributed by atoms with E-state index in [1.54, 1.807) is 18.2 Å². The highest BCUT2D eigenvalue weighted by atomic mass is 16.4. The van der Waals surface area contributed by atoms with E-state index in [1.807, 2.05) is 12.1 Å². The molecule has 0 aliphatic rings. The van der Waals surface area contributed by atoms with Crippen molar-refractivity contribution in [2.75, 3.05) is 13.6 Å². The minimum atomic E-state index is -0.890. The number of nitrogens with zero attached hydrogens (tertiary/aromatic N) is 1. The van der Waals surface area contributed by atoms with Crippen LogP contribution in [0.5, 0.6) is 0 Å². The smallest absolute Gasteiger partial charge is 0.335 e. The molecule has 128 valence electrons. The van der Waals surface area contributed by atoms with E-state index in [0.717, 1.165) is 18.7 Å². The standard InChI is InChI=1S/C20H26N2O2/c1-20(2,15-22(3)14-16-8-5-4-6-9-16)21-13-17-10-7-11-18(12-17)19(23)24/h4-12,21H,13-15H2,1-3H3,(H,23,24). The average molecular weight is 326 g/mol. The van der Waals surface area contributed by atoms with E-state index in [4.69, 9.17) is 5.11 Å². The lowest BCUT2D eigenvalue weighted by molar-refractivity contribution is 0.0696. The van der Waals surface area contributed by atoms with E-state index in [-0.39, 0.29) is 5.54 Å². The molecule has 0 heterocycles. The number of aromatic carboxylic acids is 1. The van der Waals surface area contributed by atoms with Crippen molar-refractivity contribution in [2.24, 2.45) is 0 Å². The van der Waals surface area contributed by atoms with Crippen LogP contribution in [0.2, 0.25) is 0 Å². The van der Waals surface area contributed by atoms with E-state index in [1.165, 1.54) is 5.56 Å². The van der Waals surface area contributed by atoms with E-state index < -0.39 is 5.97 Å². The summed E-state index contributed by atoms with van der Waals surface area (Å²) in [5.74, 6) is -0.890. The van der Waals surface area contributed by atoms with Gasteiger partial charge in [-0.25, -0.2) is 4.79 Å². The van der Waals surface area contributed by atoms with Crippen LogP contribution >= 0.6 is 0 Å². The summed E-state index contributed by atoms with van der Waals surface area (Å²) in [6.45, 7) is 6.76. The fourth-order valence-corrected chi connectivity index (χ4v) is 2.84. The van der Waals surface area contributed by atoms with Crippen molar-refractivity contribution in [1.82, 2.24) is 10.2 Å². The summed E-state index contributed by atoms with van der Waals surface area (Å²) >= 11 is 0. The van der Waals surface area contributed by atoms with Crippen LogP contribution in [0.3, 0.4) is 0 Å². The molecule has 0 saturated heterocycles. The van der Waals surface area contributed by atoms with Crippen LogP contribution in [-0.4, -0.2) is 35.1 Å². The lowest BCUT2D eigenvalue weighted by atomic mass is 10.0. The first kappa shape index (κ1) is 18.2. The van der Waals surface area contributed by atoms with Crippen molar-refractivity contribution in [3.05, 3.63) is 71.3 Å². The number of hydrogen-bond donors (Lipinski definition) is 2. The van der Waals surface area contributed by atoms with Crippen LogP contribution in [0, 0.1) is 0 Å². The van der Waals surface area contributed by atoms with Crippen LogP contribution in [0.15, 0.2) is 54.6 Å². The lowest BCUT2D eigenvalue weighted by Gasteiger charge is -2.31. The normalized spacial score (nSPS) is 11.7. The topological polar surface area (TPSA) is 52.6 Å². The monoisotopic (exact) mass is 326 g/mol. The zero-order chi connectivity index (χ0) is 17.6. The molecule has 0 saturated carbocycles. The fraction of sp³-hybridized carbons (Fsp3) is 0.350. The van der Waals surface area contributed by atoms with Gasteiger partial charge in [0.05, 0.1) is 5.56 Å². The van der Waals surface area contributed by atoms with Gasteiger partial charge in [0.1, 0.15) is 0 Å². The number of carbonyl (C=O) groups is 1. The second-order valence-electron chi connectivity index (χ2n) is 6.90. The number of carboxylic acids is 1.